The highest BCUT2D eigenvalue weighted by molar-refractivity contribution is 6.32. The number of alkyl halides is 3. The van der Waals surface area contributed by atoms with E-state index in [2.05, 4.69) is 15.5 Å². The average Bonchev–Trinajstić information content (AvgIpc) is 3.02. The van der Waals surface area contributed by atoms with E-state index in [9.17, 15) is 13.2 Å². The Balaban J connectivity index is 1.69. The molecule has 2 aromatic heterocycles. The lowest BCUT2D eigenvalue weighted by atomic mass is 10.2. The number of pyridine rings is 1. The van der Waals surface area contributed by atoms with Crippen LogP contribution in [0.4, 0.5) is 19.0 Å². The molecule has 0 bridgehead atoms. The predicted molar refractivity (Wildman–Crippen MR) is 83.5 cm³/mol. The van der Waals surface area contributed by atoms with Crippen molar-refractivity contribution in [3.63, 3.8) is 0 Å². The van der Waals surface area contributed by atoms with Crippen LogP contribution in [0.25, 0.3) is 11.3 Å². The second-order valence-electron chi connectivity index (χ2n) is 4.95. The van der Waals surface area contributed by atoms with E-state index in [0.717, 1.165) is 17.8 Å². The molecule has 124 valence electrons. The Bertz CT molecular complexity index is 834. The quantitative estimate of drug-likeness (QED) is 0.715. The van der Waals surface area contributed by atoms with Crippen molar-refractivity contribution in [1.82, 2.24) is 10.1 Å². The number of rotatable bonds is 4. The van der Waals surface area contributed by atoms with Gasteiger partial charge in [0.25, 0.3) is 0 Å². The molecule has 8 heteroatoms. The van der Waals surface area contributed by atoms with Crippen molar-refractivity contribution in [2.24, 2.45) is 0 Å². The van der Waals surface area contributed by atoms with Crippen molar-refractivity contribution >= 4 is 17.4 Å². The maximum absolute atomic E-state index is 12.6. The zero-order valence-corrected chi connectivity index (χ0v) is 12.9. The van der Waals surface area contributed by atoms with Crippen molar-refractivity contribution in [2.45, 2.75) is 12.7 Å². The number of hydrogen-bond donors (Lipinski definition) is 1. The molecular weight excluding hydrogens is 343 g/mol. The molecule has 1 aromatic carbocycles. The van der Waals surface area contributed by atoms with Gasteiger partial charge in [-0.05, 0) is 6.07 Å². The smallest absolute Gasteiger partial charge is 0.363 e. The van der Waals surface area contributed by atoms with Crippen LogP contribution in [-0.2, 0) is 12.7 Å². The minimum Gasteiger partial charge on any atom is -0.363 e. The highest BCUT2D eigenvalue weighted by atomic mass is 35.5. The van der Waals surface area contributed by atoms with E-state index in [1.165, 1.54) is 0 Å². The second kappa shape index (κ2) is 6.52. The Hall–Kier alpha value is -2.54. The SMILES string of the molecule is FC(F)(F)c1cnc(NCc2cc(-c3ccccc3)on2)c(Cl)c1. The molecule has 0 amide bonds. The van der Waals surface area contributed by atoms with Gasteiger partial charge in [0.15, 0.2) is 5.76 Å². The van der Waals surface area contributed by atoms with Gasteiger partial charge in [0.05, 0.1) is 17.1 Å². The topological polar surface area (TPSA) is 51.0 Å². The first-order valence-electron chi connectivity index (χ1n) is 6.91. The molecule has 0 atom stereocenters. The average molecular weight is 354 g/mol. The first kappa shape index (κ1) is 16.3. The van der Waals surface area contributed by atoms with Crippen LogP contribution in [0.1, 0.15) is 11.3 Å². The number of benzene rings is 1. The van der Waals surface area contributed by atoms with Gasteiger partial charge >= 0.3 is 6.18 Å². The van der Waals surface area contributed by atoms with Crippen LogP contribution in [0.3, 0.4) is 0 Å². The maximum atomic E-state index is 12.6. The minimum atomic E-state index is -4.48. The molecule has 3 rings (SSSR count). The third-order valence-corrected chi connectivity index (χ3v) is 3.51. The van der Waals surface area contributed by atoms with Crippen molar-refractivity contribution in [1.29, 1.82) is 0 Å². The van der Waals surface area contributed by atoms with Gasteiger partial charge < -0.3 is 9.84 Å². The molecule has 2 heterocycles. The maximum Gasteiger partial charge on any atom is 0.417 e. The molecule has 0 aliphatic heterocycles. The lowest BCUT2D eigenvalue weighted by molar-refractivity contribution is -0.137. The molecule has 24 heavy (non-hydrogen) atoms. The van der Waals surface area contributed by atoms with Crippen molar-refractivity contribution in [3.05, 3.63) is 64.9 Å². The van der Waals surface area contributed by atoms with E-state index in [1.807, 2.05) is 30.3 Å². The zero-order chi connectivity index (χ0) is 17.2. The highest BCUT2D eigenvalue weighted by Gasteiger charge is 2.31. The first-order valence-corrected chi connectivity index (χ1v) is 7.29. The van der Waals surface area contributed by atoms with Crippen LogP contribution < -0.4 is 5.32 Å². The standard InChI is InChI=1S/C16H11ClF3N3O/c17-13-6-11(16(18,19)20)8-21-15(13)22-9-12-7-14(24-23-12)10-4-2-1-3-5-10/h1-8H,9H2,(H,21,22). The van der Waals surface area contributed by atoms with E-state index >= 15 is 0 Å². The van der Waals surface area contributed by atoms with E-state index in [0.29, 0.717) is 11.5 Å². The molecule has 0 saturated carbocycles. The lowest BCUT2D eigenvalue weighted by Crippen LogP contribution is -2.08. The Labute approximate surface area is 140 Å². The summed E-state index contributed by atoms with van der Waals surface area (Å²) in [4.78, 5) is 3.70. The molecule has 4 nitrogen and oxygen atoms in total. The summed E-state index contributed by atoms with van der Waals surface area (Å²) in [5.41, 5.74) is 0.555. The first-order chi connectivity index (χ1) is 11.4. The molecule has 0 aliphatic carbocycles. The summed E-state index contributed by atoms with van der Waals surface area (Å²) < 4.78 is 43.0. The van der Waals surface area contributed by atoms with Gasteiger partial charge in [-0.15, -0.1) is 0 Å². The molecule has 0 radical (unpaired) electrons. The van der Waals surface area contributed by atoms with E-state index in [1.54, 1.807) is 6.07 Å². The molecule has 0 spiro atoms. The zero-order valence-electron chi connectivity index (χ0n) is 12.1. The number of nitrogens with zero attached hydrogens (tertiary/aromatic N) is 2. The van der Waals surface area contributed by atoms with Gasteiger partial charge in [-0.2, -0.15) is 13.2 Å². The van der Waals surface area contributed by atoms with Gasteiger partial charge in [-0.1, -0.05) is 47.1 Å². The molecule has 0 fully saturated rings. The highest BCUT2D eigenvalue weighted by Crippen LogP contribution is 2.32. The number of hydrogen-bond acceptors (Lipinski definition) is 4. The van der Waals surface area contributed by atoms with Crippen LogP contribution in [0.5, 0.6) is 0 Å². The van der Waals surface area contributed by atoms with Crippen LogP contribution in [0.15, 0.2) is 53.2 Å². The minimum absolute atomic E-state index is 0.114. The van der Waals surface area contributed by atoms with Crippen molar-refractivity contribution in [2.75, 3.05) is 5.32 Å². The monoisotopic (exact) mass is 353 g/mol. The number of halogens is 4. The number of anilines is 1. The van der Waals surface area contributed by atoms with Gasteiger partial charge in [0.2, 0.25) is 0 Å². The largest absolute Gasteiger partial charge is 0.417 e. The number of nitrogens with one attached hydrogen (secondary N) is 1. The molecule has 0 aliphatic rings. The summed E-state index contributed by atoms with van der Waals surface area (Å²) >= 11 is 5.83. The van der Waals surface area contributed by atoms with Crippen LogP contribution >= 0.6 is 11.6 Å². The Morgan fingerprint density at radius 3 is 2.54 bits per heavy atom. The summed E-state index contributed by atoms with van der Waals surface area (Å²) in [6.45, 7) is 0.217. The fraction of sp³-hybridized carbons (Fsp3) is 0.125. The van der Waals surface area contributed by atoms with Crippen LogP contribution in [0.2, 0.25) is 5.02 Å². The number of aromatic nitrogens is 2. The van der Waals surface area contributed by atoms with E-state index < -0.39 is 11.7 Å². The van der Waals surface area contributed by atoms with Crippen molar-refractivity contribution in [3.8, 4) is 11.3 Å². The molecule has 1 N–H and O–H groups in total. The van der Waals surface area contributed by atoms with E-state index in [4.69, 9.17) is 16.1 Å². The summed E-state index contributed by atoms with van der Waals surface area (Å²) in [6.07, 6.45) is -3.75. The normalized spacial score (nSPS) is 11.5. The summed E-state index contributed by atoms with van der Waals surface area (Å²) in [5, 5.41) is 6.63. The van der Waals surface area contributed by atoms with E-state index in [-0.39, 0.29) is 17.4 Å². The third-order valence-electron chi connectivity index (χ3n) is 3.22. The van der Waals surface area contributed by atoms with Gasteiger partial charge in [-0.25, -0.2) is 4.98 Å². The summed E-state index contributed by atoms with van der Waals surface area (Å²) in [7, 11) is 0. The molecule has 3 aromatic rings. The van der Waals surface area contributed by atoms with Gasteiger partial charge in [0.1, 0.15) is 11.5 Å². The Morgan fingerprint density at radius 1 is 1.12 bits per heavy atom. The molecular formula is C16H11ClF3N3O. The Kier molecular flexibility index (Phi) is 4.44. The lowest BCUT2D eigenvalue weighted by Gasteiger charge is -2.09. The third kappa shape index (κ3) is 3.68. The summed E-state index contributed by atoms with van der Waals surface area (Å²) in [6, 6.07) is 12.0. The molecule has 0 unspecified atom stereocenters. The predicted octanol–water partition coefficient (Wildman–Crippen LogP) is 5.02. The van der Waals surface area contributed by atoms with Gasteiger partial charge in [-0.3, -0.25) is 0 Å². The summed E-state index contributed by atoms with van der Waals surface area (Å²) in [5.74, 6) is 0.743. The van der Waals surface area contributed by atoms with Crippen LogP contribution in [0, 0.1) is 0 Å². The molecule has 0 saturated heterocycles. The van der Waals surface area contributed by atoms with Crippen molar-refractivity contribution < 1.29 is 17.7 Å². The second-order valence-corrected chi connectivity index (χ2v) is 5.36. The van der Waals surface area contributed by atoms with Crippen LogP contribution in [-0.4, -0.2) is 10.1 Å². The Morgan fingerprint density at radius 2 is 1.88 bits per heavy atom. The fourth-order valence-electron chi connectivity index (χ4n) is 2.03. The fourth-order valence-corrected chi connectivity index (χ4v) is 2.26. The van der Waals surface area contributed by atoms with Gasteiger partial charge in [0, 0.05) is 17.8 Å².